The van der Waals surface area contributed by atoms with E-state index in [2.05, 4.69) is 31.3 Å². The molecule has 0 aliphatic heterocycles. The van der Waals surface area contributed by atoms with Crippen molar-refractivity contribution in [1.29, 1.82) is 0 Å². The number of nitrogens with one attached hydrogen (secondary N) is 1. The van der Waals surface area contributed by atoms with Gasteiger partial charge in [0.15, 0.2) is 0 Å². The molecular weight excluding hydrogens is 863 g/mol. The molecule has 416 valence electrons. The van der Waals surface area contributed by atoms with Crippen LogP contribution in [0.3, 0.4) is 0 Å². The lowest BCUT2D eigenvalue weighted by Crippen LogP contribution is -2.45. The van der Waals surface area contributed by atoms with Gasteiger partial charge in [0.2, 0.25) is 5.91 Å². The van der Waals surface area contributed by atoms with E-state index in [-0.39, 0.29) is 18.5 Å². The first-order chi connectivity index (χ1) is 34.5. The van der Waals surface area contributed by atoms with E-state index in [1.165, 1.54) is 283 Å². The Balaban J connectivity index is 3.43. The summed E-state index contributed by atoms with van der Waals surface area (Å²) in [4.78, 5) is 24.5. The fourth-order valence-corrected chi connectivity index (χ4v) is 10.2. The Labute approximate surface area is 438 Å². The zero-order chi connectivity index (χ0) is 50.7. The van der Waals surface area contributed by atoms with Crippen molar-refractivity contribution >= 4 is 11.9 Å². The zero-order valence-corrected chi connectivity index (χ0v) is 47.5. The van der Waals surface area contributed by atoms with E-state index >= 15 is 0 Å². The Kier molecular flexibility index (Phi) is 59.0. The average molecular weight is 989 g/mol. The molecule has 6 nitrogen and oxygen atoms in total. The fourth-order valence-electron chi connectivity index (χ4n) is 10.2. The molecular formula is C64H125NO5. The van der Waals surface area contributed by atoms with Gasteiger partial charge in [-0.25, -0.2) is 0 Å². The average Bonchev–Trinajstić information content (AvgIpc) is 3.36. The summed E-state index contributed by atoms with van der Waals surface area (Å²) >= 11 is 0. The van der Waals surface area contributed by atoms with Crippen molar-refractivity contribution in [2.75, 3.05) is 13.2 Å². The maximum atomic E-state index is 12.5. The second kappa shape index (κ2) is 60.2. The quantitative estimate of drug-likeness (QED) is 0.0321. The van der Waals surface area contributed by atoms with Crippen LogP contribution in [-0.2, 0) is 14.3 Å². The highest BCUT2D eigenvalue weighted by molar-refractivity contribution is 5.76. The highest BCUT2D eigenvalue weighted by atomic mass is 16.5. The molecule has 0 rings (SSSR count). The Morgan fingerprint density at radius 1 is 0.386 bits per heavy atom. The number of carbonyl (C=O) groups is 2. The number of allylic oxidation sites excluding steroid dienone is 2. The topological polar surface area (TPSA) is 95.9 Å². The number of rotatable bonds is 60. The van der Waals surface area contributed by atoms with Crippen LogP contribution in [0.1, 0.15) is 361 Å². The Morgan fingerprint density at radius 2 is 0.671 bits per heavy atom. The van der Waals surface area contributed by atoms with Gasteiger partial charge in [0.25, 0.3) is 0 Å². The van der Waals surface area contributed by atoms with Gasteiger partial charge in [0.05, 0.1) is 25.4 Å². The molecule has 3 N–H and O–H groups in total. The Bertz CT molecular complexity index is 1050. The van der Waals surface area contributed by atoms with Gasteiger partial charge in [0, 0.05) is 12.8 Å². The largest absolute Gasteiger partial charge is 0.466 e. The van der Waals surface area contributed by atoms with Crippen molar-refractivity contribution in [2.45, 2.75) is 373 Å². The van der Waals surface area contributed by atoms with E-state index in [1.807, 2.05) is 0 Å². The molecule has 0 aromatic carbocycles. The summed E-state index contributed by atoms with van der Waals surface area (Å²) in [5, 5.41) is 23.4. The smallest absolute Gasteiger partial charge is 0.305 e. The lowest BCUT2D eigenvalue weighted by molar-refractivity contribution is -0.143. The van der Waals surface area contributed by atoms with Crippen molar-refractivity contribution < 1.29 is 24.5 Å². The molecule has 0 saturated carbocycles. The van der Waals surface area contributed by atoms with Crippen molar-refractivity contribution in [3.05, 3.63) is 12.2 Å². The van der Waals surface area contributed by atoms with Crippen LogP contribution in [0.5, 0.6) is 0 Å². The number of hydrogen-bond donors (Lipinski definition) is 3. The number of unbranched alkanes of at least 4 members (excludes halogenated alkanes) is 47. The second-order valence-electron chi connectivity index (χ2n) is 22.1. The SMILES string of the molecule is CCCCCCCCCCCCCCCCCCCCCCCCCC(O)C(CO)NC(=O)CCCCCCCCC/C=C\CCCCCCCCCCOC(=O)CCCCCCCCCCCCC. The first-order valence-electron chi connectivity index (χ1n) is 31.9. The van der Waals surface area contributed by atoms with Crippen LogP contribution >= 0.6 is 0 Å². The first-order valence-corrected chi connectivity index (χ1v) is 31.9. The summed E-state index contributed by atoms with van der Waals surface area (Å²) in [7, 11) is 0. The second-order valence-corrected chi connectivity index (χ2v) is 22.1. The lowest BCUT2D eigenvalue weighted by Gasteiger charge is -2.22. The third-order valence-corrected chi connectivity index (χ3v) is 15.1. The minimum atomic E-state index is -0.671. The lowest BCUT2D eigenvalue weighted by atomic mass is 10.0. The van der Waals surface area contributed by atoms with Crippen LogP contribution < -0.4 is 5.32 Å². The highest BCUT2D eigenvalue weighted by Gasteiger charge is 2.20. The van der Waals surface area contributed by atoms with Gasteiger partial charge in [-0.3, -0.25) is 9.59 Å². The van der Waals surface area contributed by atoms with E-state index in [9.17, 15) is 19.8 Å². The number of ether oxygens (including phenoxy) is 1. The van der Waals surface area contributed by atoms with Crippen molar-refractivity contribution in [3.63, 3.8) is 0 Å². The Morgan fingerprint density at radius 3 is 1.01 bits per heavy atom. The third-order valence-electron chi connectivity index (χ3n) is 15.1. The number of amides is 1. The summed E-state index contributed by atoms with van der Waals surface area (Å²) < 4.78 is 5.46. The van der Waals surface area contributed by atoms with Gasteiger partial charge in [-0.2, -0.15) is 0 Å². The van der Waals surface area contributed by atoms with Crippen molar-refractivity contribution in [3.8, 4) is 0 Å². The molecule has 70 heavy (non-hydrogen) atoms. The monoisotopic (exact) mass is 988 g/mol. The number of carbonyl (C=O) groups excluding carboxylic acids is 2. The van der Waals surface area contributed by atoms with Crippen molar-refractivity contribution in [2.24, 2.45) is 0 Å². The van der Waals surface area contributed by atoms with Gasteiger partial charge in [-0.15, -0.1) is 0 Å². The third kappa shape index (κ3) is 55.9. The van der Waals surface area contributed by atoms with E-state index in [1.54, 1.807) is 0 Å². The van der Waals surface area contributed by atoms with Crippen LogP contribution in [-0.4, -0.2) is 47.4 Å². The molecule has 0 aromatic heterocycles. The van der Waals surface area contributed by atoms with Gasteiger partial charge < -0.3 is 20.3 Å². The number of aliphatic hydroxyl groups excluding tert-OH is 2. The van der Waals surface area contributed by atoms with Crippen LogP contribution in [0.25, 0.3) is 0 Å². The molecule has 0 aromatic rings. The molecule has 1 amide bonds. The normalized spacial score (nSPS) is 12.6. The minimum Gasteiger partial charge on any atom is -0.466 e. The molecule has 0 aliphatic rings. The highest BCUT2D eigenvalue weighted by Crippen LogP contribution is 2.18. The zero-order valence-electron chi connectivity index (χ0n) is 47.5. The molecule has 0 fully saturated rings. The summed E-state index contributed by atoms with van der Waals surface area (Å²) in [5.41, 5.74) is 0. The van der Waals surface area contributed by atoms with Gasteiger partial charge >= 0.3 is 5.97 Å². The van der Waals surface area contributed by atoms with Gasteiger partial charge in [0.1, 0.15) is 0 Å². The van der Waals surface area contributed by atoms with Crippen LogP contribution in [0.4, 0.5) is 0 Å². The summed E-state index contributed by atoms with van der Waals surface area (Å²) in [6, 6.07) is -0.549. The number of esters is 1. The predicted molar refractivity (Wildman–Crippen MR) is 306 cm³/mol. The van der Waals surface area contributed by atoms with E-state index in [0.29, 0.717) is 25.9 Å². The Hall–Kier alpha value is -1.40. The van der Waals surface area contributed by atoms with E-state index < -0.39 is 12.1 Å². The number of aliphatic hydroxyl groups is 2. The molecule has 0 spiro atoms. The molecule has 2 atom stereocenters. The maximum Gasteiger partial charge on any atom is 0.305 e. The standard InChI is InChI=1S/C64H125NO5/c1-3-5-7-9-11-13-15-16-17-18-19-20-21-22-24-27-30-33-37-40-44-48-52-56-62(67)61(60-66)65-63(68)57-53-49-45-41-38-34-31-28-25-23-26-29-32-35-39-43-47-51-55-59-70-64(69)58-54-50-46-42-36-14-12-10-8-6-4-2/h23,25,61-62,66-67H,3-22,24,26-60H2,1-2H3,(H,65,68)/b25-23-. The molecule has 2 unspecified atom stereocenters. The summed E-state index contributed by atoms with van der Waals surface area (Å²) in [6.07, 6.45) is 72.2. The van der Waals surface area contributed by atoms with Crippen LogP contribution in [0.15, 0.2) is 12.2 Å². The maximum absolute atomic E-state index is 12.5. The summed E-state index contributed by atoms with van der Waals surface area (Å²) in [6.45, 7) is 4.97. The fraction of sp³-hybridized carbons (Fsp3) is 0.938. The molecule has 0 saturated heterocycles. The molecule has 0 aliphatic carbocycles. The first kappa shape index (κ1) is 68.6. The van der Waals surface area contributed by atoms with E-state index in [0.717, 1.165) is 44.9 Å². The minimum absolute atomic E-state index is 0.00463. The van der Waals surface area contributed by atoms with Crippen LogP contribution in [0, 0.1) is 0 Å². The molecule has 6 heteroatoms. The molecule has 0 bridgehead atoms. The van der Waals surface area contributed by atoms with Gasteiger partial charge in [-0.1, -0.05) is 309 Å². The molecule has 0 radical (unpaired) electrons. The van der Waals surface area contributed by atoms with Crippen molar-refractivity contribution in [1.82, 2.24) is 5.32 Å². The summed E-state index contributed by atoms with van der Waals surface area (Å²) in [5.74, 6) is -0.0356. The molecule has 0 heterocycles. The predicted octanol–water partition coefficient (Wildman–Crippen LogP) is 20.0. The van der Waals surface area contributed by atoms with E-state index in [4.69, 9.17) is 4.74 Å². The van der Waals surface area contributed by atoms with Crippen LogP contribution in [0.2, 0.25) is 0 Å². The van der Waals surface area contributed by atoms with Gasteiger partial charge in [-0.05, 0) is 51.4 Å². The number of hydrogen-bond acceptors (Lipinski definition) is 5.